The zero-order valence-corrected chi connectivity index (χ0v) is 19.9. The fraction of sp³-hybridized carbons (Fsp3) is 0.440. The van der Waals surface area contributed by atoms with Crippen LogP contribution in [0.5, 0.6) is 5.75 Å². The summed E-state index contributed by atoms with van der Waals surface area (Å²) < 4.78 is 33.2. The van der Waals surface area contributed by atoms with Gasteiger partial charge in [0.25, 0.3) is 0 Å². The van der Waals surface area contributed by atoms with Crippen molar-refractivity contribution in [2.24, 2.45) is 0 Å². The average molecular weight is 481 g/mol. The number of nitrogens with zero attached hydrogens (tertiary/aromatic N) is 4. The van der Waals surface area contributed by atoms with E-state index in [0.717, 1.165) is 72.8 Å². The summed E-state index contributed by atoms with van der Waals surface area (Å²) in [7, 11) is -3.20. The van der Waals surface area contributed by atoms with Crippen LogP contribution in [-0.4, -0.2) is 45.8 Å². The minimum absolute atomic E-state index is 0.0982. The van der Waals surface area contributed by atoms with Crippen LogP contribution in [-0.2, 0) is 14.6 Å². The summed E-state index contributed by atoms with van der Waals surface area (Å²) in [6, 6.07) is 9.14. The molecule has 3 unspecified atom stereocenters. The van der Waals surface area contributed by atoms with Gasteiger partial charge in [0, 0.05) is 12.9 Å². The second-order valence-electron chi connectivity index (χ2n) is 9.64. The molecule has 2 aliphatic rings. The Kier molecular flexibility index (Phi) is 5.14. The van der Waals surface area contributed by atoms with E-state index >= 15 is 0 Å². The molecule has 0 bridgehead atoms. The van der Waals surface area contributed by atoms with Crippen molar-refractivity contribution < 1.29 is 18.3 Å². The van der Waals surface area contributed by atoms with E-state index in [2.05, 4.69) is 5.10 Å². The molecular weight excluding hydrogens is 452 g/mol. The first-order valence-electron chi connectivity index (χ1n) is 11.9. The van der Waals surface area contributed by atoms with Gasteiger partial charge in [-0.05, 0) is 79.7 Å². The molecule has 4 heterocycles. The largest absolute Gasteiger partial charge is 0.506 e. The number of hydrogen-bond acceptors (Lipinski definition) is 6. The van der Waals surface area contributed by atoms with Crippen LogP contribution >= 0.6 is 0 Å². The maximum Gasteiger partial charge on any atom is 0.183 e. The van der Waals surface area contributed by atoms with Crippen molar-refractivity contribution in [1.29, 1.82) is 0 Å². The third kappa shape index (κ3) is 3.67. The molecular formula is C25H28N4O4S. The van der Waals surface area contributed by atoms with Gasteiger partial charge in [-0.15, -0.1) is 5.10 Å². The van der Waals surface area contributed by atoms with Crippen LogP contribution in [0.3, 0.4) is 0 Å². The van der Waals surface area contributed by atoms with Gasteiger partial charge in [-0.2, -0.15) is 5.10 Å². The number of hydrogen-bond donors (Lipinski definition) is 1. The molecule has 3 aromatic heterocycles. The van der Waals surface area contributed by atoms with Gasteiger partial charge in [-0.1, -0.05) is 12.1 Å². The first-order valence-corrected chi connectivity index (χ1v) is 13.8. The number of sulfone groups is 1. The van der Waals surface area contributed by atoms with Crippen molar-refractivity contribution in [3.63, 3.8) is 0 Å². The van der Waals surface area contributed by atoms with Crippen LogP contribution in [0.4, 0.5) is 0 Å². The van der Waals surface area contributed by atoms with Crippen molar-refractivity contribution in [3.05, 3.63) is 53.9 Å². The Balaban J connectivity index is 1.34. The van der Waals surface area contributed by atoms with E-state index in [-0.39, 0.29) is 17.9 Å². The third-order valence-corrected chi connectivity index (χ3v) is 8.50. The van der Waals surface area contributed by atoms with Crippen molar-refractivity contribution in [1.82, 2.24) is 19.4 Å². The Labute approximate surface area is 198 Å². The summed E-state index contributed by atoms with van der Waals surface area (Å²) >= 11 is 0. The van der Waals surface area contributed by atoms with Crippen LogP contribution in [0.25, 0.3) is 16.6 Å². The van der Waals surface area contributed by atoms with E-state index in [4.69, 9.17) is 9.84 Å². The quantitative estimate of drug-likeness (QED) is 0.460. The minimum Gasteiger partial charge on any atom is -0.506 e. The highest BCUT2D eigenvalue weighted by Crippen LogP contribution is 2.46. The minimum atomic E-state index is -3.20. The lowest BCUT2D eigenvalue weighted by atomic mass is 9.92. The van der Waals surface area contributed by atoms with Gasteiger partial charge in [0.1, 0.15) is 5.75 Å². The number of benzene rings is 1. The van der Waals surface area contributed by atoms with E-state index in [1.54, 1.807) is 22.8 Å². The van der Waals surface area contributed by atoms with Gasteiger partial charge in [0.15, 0.2) is 21.7 Å². The highest BCUT2D eigenvalue weighted by molar-refractivity contribution is 7.90. The second-order valence-corrected chi connectivity index (χ2v) is 11.7. The van der Waals surface area contributed by atoms with Gasteiger partial charge >= 0.3 is 0 Å². The zero-order valence-electron chi connectivity index (χ0n) is 19.1. The molecule has 0 amide bonds. The van der Waals surface area contributed by atoms with E-state index in [0.29, 0.717) is 10.8 Å². The number of rotatable bonds is 4. The summed E-state index contributed by atoms with van der Waals surface area (Å²) in [5.41, 5.74) is 4.02. The molecule has 6 rings (SSSR count). The van der Waals surface area contributed by atoms with Crippen molar-refractivity contribution in [2.45, 2.75) is 61.5 Å². The highest BCUT2D eigenvalue weighted by Gasteiger charge is 2.31. The number of fused-ring (bicyclic) bond motifs is 3. The number of aromatic nitrogens is 4. The molecule has 34 heavy (non-hydrogen) atoms. The number of aromatic hydroxyl groups is 1. The molecule has 1 aliphatic carbocycles. The number of pyridine rings is 1. The first kappa shape index (κ1) is 21.6. The lowest BCUT2D eigenvalue weighted by Gasteiger charge is -2.22. The van der Waals surface area contributed by atoms with Gasteiger partial charge in [0.05, 0.1) is 28.2 Å². The van der Waals surface area contributed by atoms with Crippen LogP contribution in [0.1, 0.15) is 67.7 Å². The molecule has 3 atom stereocenters. The highest BCUT2D eigenvalue weighted by atomic mass is 32.2. The fourth-order valence-corrected chi connectivity index (χ4v) is 6.29. The van der Waals surface area contributed by atoms with Gasteiger partial charge in [-0.3, -0.25) is 0 Å². The SMILES string of the molecule is CS(=O)(=O)c1ccc(C2CCC(c3cc(O)cn4nc5c(cnn5C5CCCCO5)c34)C2)cc1. The summed E-state index contributed by atoms with van der Waals surface area (Å²) in [5, 5.41) is 20.8. The van der Waals surface area contributed by atoms with Crippen LogP contribution in [0, 0.1) is 0 Å². The Morgan fingerprint density at radius 3 is 2.62 bits per heavy atom. The lowest BCUT2D eigenvalue weighted by Crippen LogP contribution is -2.19. The molecule has 1 aromatic carbocycles. The average Bonchev–Trinajstić information content (AvgIpc) is 3.54. The van der Waals surface area contributed by atoms with E-state index in [1.807, 2.05) is 29.1 Å². The Morgan fingerprint density at radius 2 is 1.88 bits per heavy atom. The van der Waals surface area contributed by atoms with E-state index < -0.39 is 9.84 Å². The molecule has 8 nitrogen and oxygen atoms in total. The molecule has 4 aromatic rings. The topological polar surface area (TPSA) is 98.7 Å². The summed E-state index contributed by atoms with van der Waals surface area (Å²) in [6.45, 7) is 0.736. The summed E-state index contributed by atoms with van der Waals surface area (Å²) in [5.74, 6) is 0.809. The summed E-state index contributed by atoms with van der Waals surface area (Å²) in [6.07, 6.45) is 10.7. The predicted octanol–water partition coefficient (Wildman–Crippen LogP) is 4.54. The molecule has 9 heteroatoms. The van der Waals surface area contributed by atoms with Gasteiger partial charge in [-0.25, -0.2) is 17.6 Å². The maximum absolute atomic E-state index is 11.8. The zero-order chi connectivity index (χ0) is 23.4. The Bertz CT molecular complexity index is 1470. The molecule has 178 valence electrons. The second kappa shape index (κ2) is 8.09. The molecule has 1 aliphatic heterocycles. The van der Waals surface area contributed by atoms with Crippen molar-refractivity contribution in [2.75, 3.05) is 12.9 Å². The summed E-state index contributed by atoms with van der Waals surface area (Å²) in [4.78, 5) is 0.348. The Morgan fingerprint density at radius 1 is 1.09 bits per heavy atom. The molecule has 0 radical (unpaired) electrons. The van der Waals surface area contributed by atoms with E-state index in [9.17, 15) is 13.5 Å². The molecule has 1 N–H and O–H groups in total. The van der Waals surface area contributed by atoms with Crippen molar-refractivity contribution in [3.8, 4) is 5.75 Å². The molecule has 1 saturated carbocycles. The molecule has 1 saturated heterocycles. The first-order chi connectivity index (χ1) is 16.4. The fourth-order valence-electron chi connectivity index (χ4n) is 5.66. The standard InChI is InChI=1S/C25H28N4O4S/c1-34(31,32)20-9-7-16(8-10-20)17-5-6-18(12-17)21-13-19(30)15-28-24(21)22-14-26-29(25(22)27-28)23-4-2-3-11-33-23/h7-10,13-15,17-18,23,30H,2-6,11-12H2,1H3. The molecule has 2 fully saturated rings. The predicted molar refractivity (Wildman–Crippen MR) is 128 cm³/mol. The van der Waals surface area contributed by atoms with Crippen molar-refractivity contribution >= 4 is 26.4 Å². The maximum atomic E-state index is 11.8. The van der Waals surface area contributed by atoms with Gasteiger partial charge < -0.3 is 9.84 Å². The smallest absolute Gasteiger partial charge is 0.183 e. The van der Waals surface area contributed by atoms with Gasteiger partial charge in [0.2, 0.25) is 0 Å². The van der Waals surface area contributed by atoms with E-state index in [1.165, 1.54) is 6.26 Å². The van der Waals surface area contributed by atoms with Crippen LogP contribution in [0.15, 0.2) is 47.6 Å². The Hall–Kier alpha value is -2.91. The van der Waals surface area contributed by atoms with Crippen LogP contribution in [0.2, 0.25) is 0 Å². The normalized spacial score (nSPS) is 23.7. The molecule has 0 spiro atoms. The number of ether oxygens (including phenoxy) is 1. The monoisotopic (exact) mass is 480 g/mol. The van der Waals surface area contributed by atoms with Crippen LogP contribution < -0.4 is 0 Å². The third-order valence-electron chi connectivity index (χ3n) is 7.37. The lowest BCUT2D eigenvalue weighted by molar-refractivity contribution is -0.0370.